The Morgan fingerprint density at radius 1 is 1.17 bits per heavy atom. The molecule has 0 fully saturated rings. The van der Waals surface area contributed by atoms with Crippen LogP contribution in [0.1, 0.15) is 58.2 Å². The average Bonchev–Trinajstić information content (AvgIpc) is 3.10. The average molecular weight is 329 g/mol. The standard InChI is InChI=1S/C18H27N5O/c1-4-13-22(14-5-2)17(24)12-11-15(3)18-19-20-21-23(18)16-9-7-6-8-10-16/h6-10,15H,4-5,11-14H2,1-3H3. The van der Waals surface area contributed by atoms with Crippen molar-refractivity contribution in [1.82, 2.24) is 25.1 Å². The molecule has 0 aliphatic rings. The minimum absolute atomic E-state index is 0.120. The zero-order valence-electron chi connectivity index (χ0n) is 14.9. The number of para-hydroxylation sites is 1. The second-order valence-electron chi connectivity index (χ2n) is 6.10. The maximum atomic E-state index is 12.4. The largest absolute Gasteiger partial charge is 0.343 e. The van der Waals surface area contributed by atoms with Gasteiger partial charge < -0.3 is 4.90 Å². The van der Waals surface area contributed by atoms with Crippen LogP contribution in [0, 0.1) is 0 Å². The van der Waals surface area contributed by atoms with Crippen molar-refractivity contribution < 1.29 is 4.79 Å². The van der Waals surface area contributed by atoms with Crippen molar-refractivity contribution in [2.24, 2.45) is 0 Å². The van der Waals surface area contributed by atoms with Crippen LogP contribution in [0.4, 0.5) is 0 Å². The Morgan fingerprint density at radius 3 is 2.46 bits per heavy atom. The summed E-state index contributed by atoms with van der Waals surface area (Å²) in [5.41, 5.74) is 0.939. The normalized spacial score (nSPS) is 12.1. The van der Waals surface area contributed by atoms with E-state index in [1.165, 1.54) is 0 Å². The lowest BCUT2D eigenvalue weighted by Crippen LogP contribution is -2.32. The molecule has 0 spiro atoms. The predicted octanol–water partition coefficient (Wildman–Crippen LogP) is 3.19. The summed E-state index contributed by atoms with van der Waals surface area (Å²) in [4.78, 5) is 14.4. The number of amides is 1. The number of benzene rings is 1. The van der Waals surface area contributed by atoms with Crippen molar-refractivity contribution >= 4 is 5.91 Å². The molecule has 6 nitrogen and oxygen atoms in total. The summed E-state index contributed by atoms with van der Waals surface area (Å²) in [6.45, 7) is 7.95. The number of hydrogen-bond donors (Lipinski definition) is 0. The summed E-state index contributed by atoms with van der Waals surface area (Å²) in [5, 5.41) is 12.1. The van der Waals surface area contributed by atoms with E-state index < -0.39 is 0 Å². The monoisotopic (exact) mass is 329 g/mol. The summed E-state index contributed by atoms with van der Waals surface area (Å²) >= 11 is 0. The minimum atomic E-state index is 0.120. The van der Waals surface area contributed by atoms with Crippen molar-refractivity contribution in [3.8, 4) is 5.69 Å². The molecular weight excluding hydrogens is 302 g/mol. The molecule has 1 aromatic carbocycles. The lowest BCUT2D eigenvalue weighted by molar-refractivity contribution is -0.131. The summed E-state index contributed by atoms with van der Waals surface area (Å²) in [6, 6.07) is 9.83. The molecule has 24 heavy (non-hydrogen) atoms. The number of hydrogen-bond acceptors (Lipinski definition) is 4. The molecule has 0 aliphatic carbocycles. The van der Waals surface area contributed by atoms with E-state index in [2.05, 4.69) is 36.3 Å². The van der Waals surface area contributed by atoms with Gasteiger partial charge in [0, 0.05) is 25.4 Å². The zero-order valence-corrected chi connectivity index (χ0v) is 14.9. The molecule has 1 heterocycles. The third-order valence-corrected chi connectivity index (χ3v) is 4.07. The van der Waals surface area contributed by atoms with Crippen LogP contribution in [0.2, 0.25) is 0 Å². The first kappa shape index (κ1) is 18.1. The fraction of sp³-hybridized carbons (Fsp3) is 0.556. The van der Waals surface area contributed by atoms with Gasteiger partial charge in [0.2, 0.25) is 5.91 Å². The first-order chi connectivity index (χ1) is 11.7. The molecule has 0 bridgehead atoms. The van der Waals surface area contributed by atoms with Crippen molar-refractivity contribution in [2.75, 3.05) is 13.1 Å². The highest BCUT2D eigenvalue weighted by atomic mass is 16.2. The van der Waals surface area contributed by atoms with Crippen LogP contribution in [-0.4, -0.2) is 44.1 Å². The molecular formula is C18H27N5O. The van der Waals surface area contributed by atoms with Gasteiger partial charge in [0.15, 0.2) is 5.82 Å². The molecule has 0 saturated heterocycles. The molecule has 130 valence electrons. The lowest BCUT2D eigenvalue weighted by atomic mass is 10.0. The van der Waals surface area contributed by atoms with E-state index in [1.807, 2.05) is 35.2 Å². The van der Waals surface area contributed by atoms with E-state index >= 15 is 0 Å². The molecule has 2 aromatic rings. The SMILES string of the molecule is CCCN(CCC)C(=O)CCC(C)c1nnnn1-c1ccccc1. The second kappa shape index (κ2) is 9.15. The highest BCUT2D eigenvalue weighted by Gasteiger charge is 2.19. The molecule has 1 unspecified atom stereocenters. The fourth-order valence-corrected chi connectivity index (χ4v) is 2.78. The Morgan fingerprint density at radius 2 is 1.83 bits per heavy atom. The zero-order chi connectivity index (χ0) is 17.4. The number of carbonyl (C=O) groups excluding carboxylic acids is 1. The summed E-state index contributed by atoms with van der Waals surface area (Å²) < 4.78 is 1.75. The minimum Gasteiger partial charge on any atom is -0.343 e. The molecule has 1 aromatic heterocycles. The van der Waals surface area contributed by atoms with Crippen LogP contribution in [0.5, 0.6) is 0 Å². The molecule has 0 N–H and O–H groups in total. The van der Waals surface area contributed by atoms with Gasteiger partial charge in [-0.05, 0) is 41.8 Å². The molecule has 1 amide bonds. The molecule has 0 saturated carbocycles. The van der Waals surface area contributed by atoms with Crippen molar-refractivity contribution in [2.45, 2.75) is 52.4 Å². The van der Waals surface area contributed by atoms with E-state index in [9.17, 15) is 4.79 Å². The maximum Gasteiger partial charge on any atom is 0.222 e. The van der Waals surface area contributed by atoms with Crippen molar-refractivity contribution in [3.63, 3.8) is 0 Å². The number of aromatic nitrogens is 4. The summed E-state index contributed by atoms with van der Waals surface area (Å²) in [5.74, 6) is 1.14. The second-order valence-corrected chi connectivity index (χ2v) is 6.10. The Hall–Kier alpha value is -2.24. The van der Waals surface area contributed by atoms with Gasteiger partial charge in [0.1, 0.15) is 0 Å². The highest BCUT2D eigenvalue weighted by molar-refractivity contribution is 5.76. The van der Waals surface area contributed by atoms with E-state index in [4.69, 9.17) is 0 Å². The first-order valence-electron chi connectivity index (χ1n) is 8.78. The topological polar surface area (TPSA) is 63.9 Å². The molecule has 0 aliphatic heterocycles. The first-order valence-corrected chi connectivity index (χ1v) is 8.78. The van der Waals surface area contributed by atoms with Crippen molar-refractivity contribution in [1.29, 1.82) is 0 Å². The number of nitrogens with zero attached hydrogens (tertiary/aromatic N) is 5. The van der Waals surface area contributed by atoms with Gasteiger partial charge in [-0.1, -0.05) is 39.0 Å². The third kappa shape index (κ3) is 4.63. The lowest BCUT2D eigenvalue weighted by Gasteiger charge is -2.22. The Kier molecular flexibility index (Phi) is 6.90. The van der Waals surface area contributed by atoms with Gasteiger partial charge in [-0.2, -0.15) is 4.68 Å². The quantitative estimate of drug-likeness (QED) is 0.709. The van der Waals surface area contributed by atoms with Crippen LogP contribution < -0.4 is 0 Å². The molecule has 6 heteroatoms. The van der Waals surface area contributed by atoms with E-state index in [0.29, 0.717) is 6.42 Å². The predicted molar refractivity (Wildman–Crippen MR) is 94.0 cm³/mol. The molecule has 1 atom stereocenters. The van der Waals surface area contributed by atoms with E-state index in [0.717, 1.165) is 43.9 Å². The smallest absolute Gasteiger partial charge is 0.222 e. The van der Waals surface area contributed by atoms with Gasteiger partial charge in [-0.3, -0.25) is 4.79 Å². The van der Waals surface area contributed by atoms with Gasteiger partial charge in [0.25, 0.3) is 0 Å². The van der Waals surface area contributed by atoms with Crippen LogP contribution in [-0.2, 0) is 4.79 Å². The third-order valence-electron chi connectivity index (χ3n) is 4.07. The van der Waals surface area contributed by atoms with Gasteiger partial charge >= 0.3 is 0 Å². The fourth-order valence-electron chi connectivity index (χ4n) is 2.78. The van der Waals surface area contributed by atoms with Gasteiger partial charge in [0.05, 0.1) is 5.69 Å². The Balaban J connectivity index is 1.99. The summed E-state index contributed by atoms with van der Waals surface area (Å²) in [7, 11) is 0. The number of rotatable bonds is 9. The van der Waals surface area contributed by atoms with E-state index in [-0.39, 0.29) is 11.8 Å². The number of carbonyl (C=O) groups is 1. The molecule has 2 rings (SSSR count). The Labute approximate surface area is 143 Å². The molecule has 0 radical (unpaired) electrons. The van der Waals surface area contributed by atoms with Crippen molar-refractivity contribution in [3.05, 3.63) is 36.2 Å². The maximum absolute atomic E-state index is 12.4. The van der Waals surface area contributed by atoms with Crippen LogP contribution in [0.25, 0.3) is 5.69 Å². The van der Waals surface area contributed by atoms with Gasteiger partial charge in [-0.15, -0.1) is 5.10 Å². The van der Waals surface area contributed by atoms with Crippen LogP contribution in [0.3, 0.4) is 0 Å². The van der Waals surface area contributed by atoms with Crippen LogP contribution in [0.15, 0.2) is 30.3 Å². The van der Waals surface area contributed by atoms with Gasteiger partial charge in [-0.25, -0.2) is 0 Å². The summed E-state index contributed by atoms with van der Waals surface area (Å²) in [6.07, 6.45) is 3.26. The number of tetrazole rings is 1. The highest BCUT2D eigenvalue weighted by Crippen LogP contribution is 2.21. The Bertz CT molecular complexity index is 619. The van der Waals surface area contributed by atoms with Crippen LogP contribution >= 0.6 is 0 Å². The van der Waals surface area contributed by atoms with E-state index in [1.54, 1.807) is 4.68 Å².